The number of nitrogens with one attached hydrogen (secondary N) is 2. The zero-order valence-electron chi connectivity index (χ0n) is 12.4. The van der Waals surface area contributed by atoms with Gasteiger partial charge in [-0.15, -0.1) is 11.3 Å². The van der Waals surface area contributed by atoms with Gasteiger partial charge in [-0.25, -0.2) is 8.42 Å². The number of sulfonamides is 1. The number of hydrogen-bond acceptors (Lipinski definition) is 4. The van der Waals surface area contributed by atoms with Gasteiger partial charge >= 0.3 is 0 Å². The van der Waals surface area contributed by atoms with E-state index in [1.165, 1.54) is 13.0 Å². The summed E-state index contributed by atoms with van der Waals surface area (Å²) in [4.78, 5) is 12.1. The number of aryl methyl sites for hydroxylation is 1. The first kappa shape index (κ1) is 16.7. The van der Waals surface area contributed by atoms with E-state index in [1.807, 2.05) is 25.1 Å². The molecule has 1 amide bonds. The zero-order chi connectivity index (χ0) is 16.2. The van der Waals surface area contributed by atoms with Crippen molar-refractivity contribution >= 4 is 33.0 Å². The van der Waals surface area contributed by atoms with E-state index < -0.39 is 22.0 Å². The van der Waals surface area contributed by atoms with Crippen LogP contribution in [0.1, 0.15) is 19.4 Å². The van der Waals surface area contributed by atoms with Crippen LogP contribution in [0.25, 0.3) is 0 Å². The first-order valence-electron chi connectivity index (χ1n) is 6.88. The summed E-state index contributed by atoms with van der Waals surface area (Å²) in [5, 5.41) is 4.40. The van der Waals surface area contributed by atoms with Crippen LogP contribution in [0.5, 0.6) is 0 Å². The Morgan fingerprint density at radius 3 is 2.68 bits per heavy atom. The Balaban J connectivity index is 2.03. The van der Waals surface area contributed by atoms with Gasteiger partial charge in [-0.1, -0.05) is 25.1 Å². The molecule has 118 valence electrons. The van der Waals surface area contributed by atoms with Crippen LogP contribution in [-0.4, -0.2) is 20.4 Å². The molecular formula is C15H18N2O3S2. The van der Waals surface area contributed by atoms with Crippen molar-refractivity contribution in [2.24, 2.45) is 0 Å². The lowest BCUT2D eigenvalue weighted by Gasteiger charge is -2.14. The average molecular weight is 338 g/mol. The van der Waals surface area contributed by atoms with Crippen molar-refractivity contribution in [2.45, 2.75) is 30.5 Å². The molecule has 1 aromatic heterocycles. The molecule has 0 unspecified atom stereocenters. The average Bonchev–Trinajstić information content (AvgIpc) is 3.02. The fourth-order valence-electron chi connectivity index (χ4n) is 1.88. The molecular weight excluding hydrogens is 320 g/mol. The molecule has 1 heterocycles. The molecule has 5 nitrogen and oxygen atoms in total. The summed E-state index contributed by atoms with van der Waals surface area (Å²) < 4.78 is 26.7. The number of carbonyl (C=O) groups is 1. The Bertz CT molecular complexity index is 740. The van der Waals surface area contributed by atoms with E-state index in [4.69, 9.17) is 0 Å². The van der Waals surface area contributed by atoms with E-state index in [0.29, 0.717) is 5.69 Å². The van der Waals surface area contributed by atoms with Crippen molar-refractivity contribution in [2.75, 3.05) is 5.32 Å². The number of benzene rings is 1. The van der Waals surface area contributed by atoms with Crippen LogP contribution in [0.4, 0.5) is 5.69 Å². The Morgan fingerprint density at radius 2 is 2.05 bits per heavy atom. The molecule has 1 aromatic carbocycles. The van der Waals surface area contributed by atoms with Gasteiger partial charge in [0.25, 0.3) is 10.0 Å². The molecule has 2 aromatic rings. The number of carbonyl (C=O) groups excluding carboxylic acids is 1. The molecule has 0 aliphatic heterocycles. The van der Waals surface area contributed by atoms with Crippen LogP contribution in [0.15, 0.2) is 46.0 Å². The minimum absolute atomic E-state index is 0.195. The second kappa shape index (κ2) is 7.04. The van der Waals surface area contributed by atoms with Gasteiger partial charge in [-0.05, 0) is 42.5 Å². The molecule has 22 heavy (non-hydrogen) atoms. The monoisotopic (exact) mass is 338 g/mol. The number of thiophene rings is 1. The summed E-state index contributed by atoms with van der Waals surface area (Å²) in [6, 6.07) is 9.77. The van der Waals surface area contributed by atoms with Crippen molar-refractivity contribution < 1.29 is 13.2 Å². The van der Waals surface area contributed by atoms with E-state index in [-0.39, 0.29) is 4.21 Å². The van der Waals surface area contributed by atoms with E-state index in [9.17, 15) is 13.2 Å². The minimum Gasteiger partial charge on any atom is -0.325 e. The van der Waals surface area contributed by atoms with Crippen molar-refractivity contribution in [3.8, 4) is 0 Å². The molecule has 0 saturated carbocycles. The van der Waals surface area contributed by atoms with Crippen molar-refractivity contribution in [1.29, 1.82) is 0 Å². The third-order valence-corrected chi connectivity index (χ3v) is 6.03. The lowest BCUT2D eigenvalue weighted by Crippen LogP contribution is -2.41. The van der Waals surface area contributed by atoms with Crippen LogP contribution >= 0.6 is 11.3 Å². The van der Waals surface area contributed by atoms with E-state index in [2.05, 4.69) is 10.0 Å². The lowest BCUT2D eigenvalue weighted by molar-refractivity contribution is -0.117. The topological polar surface area (TPSA) is 75.3 Å². The molecule has 0 fully saturated rings. The quantitative estimate of drug-likeness (QED) is 0.850. The van der Waals surface area contributed by atoms with Gasteiger partial charge in [0.1, 0.15) is 4.21 Å². The van der Waals surface area contributed by atoms with Crippen LogP contribution in [0.2, 0.25) is 0 Å². The third-order valence-electron chi connectivity index (χ3n) is 3.09. The molecule has 1 atom stereocenters. The molecule has 0 spiro atoms. The largest absolute Gasteiger partial charge is 0.325 e. The van der Waals surface area contributed by atoms with Gasteiger partial charge in [-0.3, -0.25) is 4.79 Å². The first-order chi connectivity index (χ1) is 10.4. The van der Waals surface area contributed by atoms with Crippen LogP contribution in [0, 0.1) is 0 Å². The Labute approximate surface area is 134 Å². The number of anilines is 1. The maximum atomic E-state index is 12.1. The second-order valence-corrected chi connectivity index (χ2v) is 7.71. The van der Waals surface area contributed by atoms with Crippen molar-refractivity contribution in [3.05, 3.63) is 47.3 Å². The smallest absolute Gasteiger partial charge is 0.250 e. The normalized spacial score (nSPS) is 12.8. The standard InChI is InChI=1S/C15H18N2O3S2/c1-3-12-6-4-7-13(10-12)16-15(18)11(2)17-22(19,20)14-8-5-9-21-14/h4-11,17H,3H2,1-2H3,(H,16,18)/t11-/m1/s1. The van der Waals surface area contributed by atoms with E-state index in [1.54, 1.807) is 17.5 Å². The molecule has 0 bridgehead atoms. The number of rotatable bonds is 6. The number of amides is 1. The maximum absolute atomic E-state index is 12.1. The van der Waals surface area contributed by atoms with Gasteiger partial charge in [0, 0.05) is 5.69 Å². The van der Waals surface area contributed by atoms with Gasteiger partial charge in [0.15, 0.2) is 0 Å². The summed E-state index contributed by atoms with van der Waals surface area (Å²) in [6.07, 6.45) is 0.865. The van der Waals surface area contributed by atoms with Crippen LogP contribution in [0.3, 0.4) is 0 Å². The Morgan fingerprint density at radius 1 is 1.27 bits per heavy atom. The summed E-state index contributed by atoms with van der Waals surface area (Å²) in [5.74, 6) is -0.395. The van der Waals surface area contributed by atoms with Crippen LogP contribution in [-0.2, 0) is 21.2 Å². The maximum Gasteiger partial charge on any atom is 0.250 e. The van der Waals surface area contributed by atoms with E-state index in [0.717, 1.165) is 23.3 Å². The first-order valence-corrected chi connectivity index (χ1v) is 9.24. The van der Waals surface area contributed by atoms with Gasteiger partial charge in [-0.2, -0.15) is 4.72 Å². The predicted octanol–water partition coefficient (Wildman–Crippen LogP) is 2.62. The highest BCUT2D eigenvalue weighted by Gasteiger charge is 2.22. The highest BCUT2D eigenvalue weighted by Crippen LogP contribution is 2.16. The predicted molar refractivity (Wildman–Crippen MR) is 88.6 cm³/mol. The minimum atomic E-state index is -3.66. The fourth-order valence-corrected chi connectivity index (χ4v) is 4.09. The molecule has 0 aliphatic carbocycles. The molecule has 0 radical (unpaired) electrons. The molecule has 0 aliphatic rings. The van der Waals surface area contributed by atoms with Crippen molar-refractivity contribution in [1.82, 2.24) is 4.72 Å². The summed E-state index contributed by atoms with van der Waals surface area (Å²) in [7, 11) is -3.66. The summed E-state index contributed by atoms with van der Waals surface area (Å²) >= 11 is 1.11. The SMILES string of the molecule is CCc1cccc(NC(=O)[C@@H](C)NS(=O)(=O)c2cccs2)c1. The molecule has 0 saturated heterocycles. The third kappa shape index (κ3) is 4.16. The molecule has 2 N–H and O–H groups in total. The number of hydrogen-bond donors (Lipinski definition) is 2. The van der Waals surface area contributed by atoms with E-state index >= 15 is 0 Å². The van der Waals surface area contributed by atoms with Gasteiger partial charge in [0.05, 0.1) is 6.04 Å². The zero-order valence-corrected chi connectivity index (χ0v) is 14.0. The van der Waals surface area contributed by atoms with Crippen LogP contribution < -0.4 is 10.0 Å². The summed E-state index contributed by atoms with van der Waals surface area (Å²) in [5.41, 5.74) is 1.76. The fraction of sp³-hybridized carbons (Fsp3) is 0.267. The summed E-state index contributed by atoms with van der Waals surface area (Å²) in [6.45, 7) is 3.54. The Hall–Kier alpha value is -1.70. The Kier molecular flexibility index (Phi) is 5.33. The second-order valence-electron chi connectivity index (χ2n) is 4.82. The van der Waals surface area contributed by atoms with Gasteiger partial charge in [0.2, 0.25) is 5.91 Å². The van der Waals surface area contributed by atoms with Crippen molar-refractivity contribution in [3.63, 3.8) is 0 Å². The highest BCUT2D eigenvalue weighted by atomic mass is 32.2. The molecule has 7 heteroatoms. The lowest BCUT2D eigenvalue weighted by atomic mass is 10.1. The van der Waals surface area contributed by atoms with Gasteiger partial charge < -0.3 is 5.32 Å². The molecule has 2 rings (SSSR count). The highest BCUT2D eigenvalue weighted by molar-refractivity contribution is 7.91.